The van der Waals surface area contributed by atoms with Gasteiger partial charge in [-0.15, -0.1) is 0 Å². The molecule has 0 spiro atoms. The SMILES string of the molecule is COc1ccc(S(=O)(=O)NCc2cc3n(n2)CCNC3)c2c1CCCC2. The van der Waals surface area contributed by atoms with Crippen molar-refractivity contribution in [1.82, 2.24) is 19.8 Å². The third-order valence-corrected chi connectivity index (χ3v) is 6.61. The van der Waals surface area contributed by atoms with Gasteiger partial charge in [-0.05, 0) is 55.0 Å². The lowest BCUT2D eigenvalue weighted by atomic mass is 9.91. The van der Waals surface area contributed by atoms with Gasteiger partial charge in [0.15, 0.2) is 0 Å². The molecular formula is C18H24N4O3S. The number of sulfonamides is 1. The Balaban J connectivity index is 1.58. The van der Waals surface area contributed by atoms with Crippen LogP contribution in [0.2, 0.25) is 0 Å². The summed E-state index contributed by atoms with van der Waals surface area (Å²) in [4.78, 5) is 0.374. The van der Waals surface area contributed by atoms with E-state index in [4.69, 9.17) is 4.74 Å². The topological polar surface area (TPSA) is 85.2 Å². The molecule has 2 aromatic rings. The van der Waals surface area contributed by atoms with Crippen LogP contribution in [0.3, 0.4) is 0 Å². The van der Waals surface area contributed by atoms with Crippen molar-refractivity contribution in [3.8, 4) is 5.75 Å². The van der Waals surface area contributed by atoms with Crippen molar-refractivity contribution in [2.45, 2.75) is 50.2 Å². The Morgan fingerprint density at radius 1 is 1.27 bits per heavy atom. The van der Waals surface area contributed by atoms with Gasteiger partial charge in [0, 0.05) is 13.1 Å². The number of hydrogen-bond acceptors (Lipinski definition) is 5. The van der Waals surface area contributed by atoms with Crippen LogP contribution < -0.4 is 14.8 Å². The molecule has 0 fully saturated rings. The van der Waals surface area contributed by atoms with Crippen molar-refractivity contribution >= 4 is 10.0 Å². The highest BCUT2D eigenvalue weighted by Crippen LogP contribution is 2.34. The lowest BCUT2D eigenvalue weighted by Crippen LogP contribution is -2.28. The normalized spacial score (nSPS) is 16.8. The van der Waals surface area contributed by atoms with Gasteiger partial charge in [0.2, 0.25) is 10.0 Å². The summed E-state index contributed by atoms with van der Waals surface area (Å²) in [5.74, 6) is 0.785. The van der Waals surface area contributed by atoms with E-state index in [0.29, 0.717) is 4.90 Å². The van der Waals surface area contributed by atoms with Gasteiger partial charge in [-0.1, -0.05) is 0 Å². The van der Waals surface area contributed by atoms with Gasteiger partial charge >= 0.3 is 0 Å². The zero-order chi connectivity index (χ0) is 18.1. The van der Waals surface area contributed by atoms with E-state index in [1.165, 1.54) is 0 Å². The van der Waals surface area contributed by atoms with Crippen LogP contribution in [0.1, 0.15) is 35.4 Å². The average Bonchev–Trinajstić information content (AvgIpc) is 3.08. The van der Waals surface area contributed by atoms with Crippen LogP contribution in [0, 0.1) is 0 Å². The number of nitrogens with one attached hydrogen (secondary N) is 2. The molecule has 140 valence electrons. The monoisotopic (exact) mass is 376 g/mol. The zero-order valence-electron chi connectivity index (χ0n) is 14.9. The number of aromatic nitrogens is 2. The molecule has 1 aromatic carbocycles. The molecule has 0 saturated heterocycles. The summed E-state index contributed by atoms with van der Waals surface area (Å²) in [6.07, 6.45) is 3.70. The maximum Gasteiger partial charge on any atom is 0.241 e. The van der Waals surface area contributed by atoms with Gasteiger partial charge in [0.1, 0.15) is 5.75 Å². The first-order chi connectivity index (χ1) is 12.6. The summed E-state index contributed by atoms with van der Waals surface area (Å²) < 4.78 is 35.9. The number of nitrogens with zero attached hydrogens (tertiary/aromatic N) is 2. The minimum atomic E-state index is -3.60. The molecule has 0 bridgehead atoms. The molecule has 2 N–H and O–H groups in total. The number of benzene rings is 1. The Labute approximate surface area is 153 Å². The van der Waals surface area contributed by atoms with E-state index in [1.54, 1.807) is 19.2 Å². The number of hydrogen-bond donors (Lipinski definition) is 2. The zero-order valence-corrected chi connectivity index (χ0v) is 15.7. The molecule has 0 atom stereocenters. The fourth-order valence-electron chi connectivity index (χ4n) is 3.83. The van der Waals surface area contributed by atoms with Crippen LogP contribution in [0.5, 0.6) is 5.75 Å². The number of fused-ring (bicyclic) bond motifs is 2. The first-order valence-electron chi connectivity index (χ1n) is 9.03. The van der Waals surface area contributed by atoms with E-state index in [9.17, 15) is 8.42 Å². The van der Waals surface area contributed by atoms with Crippen LogP contribution in [0.25, 0.3) is 0 Å². The quantitative estimate of drug-likeness (QED) is 0.823. The second-order valence-corrected chi connectivity index (χ2v) is 8.52. The summed E-state index contributed by atoms with van der Waals surface area (Å²) in [6.45, 7) is 2.67. The Morgan fingerprint density at radius 2 is 2.08 bits per heavy atom. The number of rotatable bonds is 5. The summed E-state index contributed by atoms with van der Waals surface area (Å²) in [7, 11) is -1.97. The van der Waals surface area contributed by atoms with Gasteiger partial charge in [-0.2, -0.15) is 5.10 Å². The highest BCUT2D eigenvalue weighted by atomic mass is 32.2. The fourth-order valence-corrected chi connectivity index (χ4v) is 5.12. The van der Waals surface area contributed by atoms with E-state index in [2.05, 4.69) is 15.1 Å². The number of ether oxygens (including phenoxy) is 1. The largest absolute Gasteiger partial charge is 0.496 e. The smallest absolute Gasteiger partial charge is 0.241 e. The second kappa shape index (κ2) is 7.02. The average molecular weight is 376 g/mol. The van der Waals surface area contributed by atoms with Gasteiger partial charge in [-0.25, -0.2) is 13.1 Å². The van der Waals surface area contributed by atoms with Crippen molar-refractivity contribution in [3.63, 3.8) is 0 Å². The standard InChI is InChI=1S/C18H24N4O3S/c1-25-17-6-7-18(16-5-3-2-4-15(16)17)26(23,24)20-11-13-10-14-12-19-8-9-22(14)21-13/h6-7,10,19-20H,2-5,8-9,11-12H2,1H3. The predicted octanol–water partition coefficient (Wildman–Crippen LogP) is 1.35. The Bertz CT molecular complexity index is 897. The van der Waals surface area contributed by atoms with Gasteiger partial charge in [0.05, 0.1) is 36.5 Å². The number of methoxy groups -OCH3 is 1. The minimum Gasteiger partial charge on any atom is -0.496 e. The summed E-state index contributed by atoms with van der Waals surface area (Å²) in [5, 5.41) is 7.78. The van der Waals surface area contributed by atoms with E-state index < -0.39 is 10.0 Å². The van der Waals surface area contributed by atoms with Crippen LogP contribution >= 0.6 is 0 Å². The molecule has 2 aliphatic rings. The first-order valence-corrected chi connectivity index (χ1v) is 10.5. The molecule has 0 radical (unpaired) electrons. The lowest BCUT2D eigenvalue weighted by Gasteiger charge is -2.22. The third-order valence-electron chi connectivity index (χ3n) is 5.12. The summed E-state index contributed by atoms with van der Waals surface area (Å²) in [6, 6.07) is 5.38. The van der Waals surface area contributed by atoms with Crippen molar-refractivity contribution in [3.05, 3.63) is 40.7 Å². The summed E-state index contributed by atoms with van der Waals surface area (Å²) >= 11 is 0. The minimum absolute atomic E-state index is 0.198. The molecule has 0 amide bonds. The van der Waals surface area contributed by atoms with E-state index in [1.807, 2.05) is 10.7 Å². The fraction of sp³-hybridized carbons (Fsp3) is 0.500. The van der Waals surface area contributed by atoms with Gasteiger partial charge in [-0.3, -0.25) is 4.68 Å². The molecule has 4 rings (SSSR count). The molecule has 1 aliphatic heterocycles. The highest BCUT2D eigenvalue weighted by Gasteiger charge is 2.25. The summed E-state index contributed by atoms with van der Waals surface area (Å²) in [5.41, 5.74) is 3.77. The molecule has 0 saturated carbocycles. The third kappa shape index (κ3) is 3.24. The Hall–Kier alpha value is -1.90. The molecule has 7 nitrogen and oxygen atoms in total. The first kappa shape index (κ1) is 17.5. The van der Waals surface area contributed by atoms with Gasteiger partial charge in [0.25, 0.3) is 0 Å². The molecule has 1 aliphatic carbocycles. The van der Waals surface area contributed by atoms with Crippen molar-refractivity contribution in [2.75, 3.05) is 13.7 Å². The maximum absolute atomic E-state index is 12.9. The van der Waals surface area contributed by atoms with Crippen LogP contribution in [0.15, 0.2) is 23.1 Å². The Morgan fingerprint density at radius 3 is 2.85 bits per heavy atom. The second-order valence-electron chi connectivity index (χ2n) is 6.78. The maximum atomic E-state index is 12.9. The van der Waals surface area contributed by atoms with Crippen molar-refractivity contribution in [1.29, 1.82) is 0 Å². The van der Waals surface area contributed by atoms with E-state index in [0.717, 1.165) is 73.6 Å². The van der Waals surface area contributed by atoms with E-state index >= 15 is 0 Å². The van der Waals surface area contributed by atoms with Gasteiger partial charge < -0.3 is 10.1 Å². The lowest BCUT2D eigenvalue weighted by molar-refractivity contribution is 0.405. The van der Waals surface area contributed by atoms with E-state index in [-0.39, 0.29) is 6.54 Å². The molecule has 2 heterocycles. The molecule has 26 heavy (non-hydrogen) atoms. The molecule has 8 heteroatoms. The predicted molar refractivity (Wildman–Crippen MR) is 97.6 cm³/mol. The van der Waals surface area contributed by atoms with Crippen LogP contribution in [-0.2, 0) is 42.5 Å². The van der Waals surface area contributed by atoms with Crippen molar-refractivity contribution < 1.29 is 13.2 Å². The highest BCUT2D eigenvalue weighted by molar-refractivity contribution is 7.89. The molecule has 0 unspecified atom stereocenters. The van der Waals surface area contributed by atoms with Crippen LogP contribution in [0.4, 0.5) is 0 Å². The molecule has 1 aromatic heterocycles. The Kier molecular flexibility index (Phi) is 4.73. The van der Waals surface area contributed by atoms with Crippen molar-refractivity contribution in [2.24, 2.45) is 0 Å². The van der Waals surface area contributed by atoms with Crippen LogP contribution in [-0.4, -0.2) is 31.9 Å². The molecular weight excluding hydrogens is 352 g/mol.